The molecule has 0 aliphatic rings. The molecule has 0 heterocycles. The van der Waals surface area contributed by atoms with E-state index in [1.807, 2.05) is 61.5 Å². The van der Waals surface area contributed by atoms with Crippen LogP contribution in [0.2, 0.25) is 0 Å². The molecule has 0 bridgehead atoms. The molecule has 0 aliphatic carbocycles. The van der Waals surface area contributed by atoms with Crippen LogP contribution < -0.4 is 4.72 Å². The molecule has 0 saturated carbocycles. The lowest BCUT2D eigenvalue weighted by Crippen LogP contribution is -2.33. The van der Waals surface area contributed by atoms with Crippen molar-refractivity contribution in [2.75, 3.05) is 6.54 Å². The van der Waals surface area contributed by atoms with Crippen molar-refractivity contribution >= 4 is 10.0 Å². The second-order valence-corrected chi connectivity index (χ2v) is 9.04. The molecule has 2 unspecified atom stereocenters. The summed E-state index contributed by atoms with van der Waals surface area (Å²) in [5.41, 5.74) is 3.03. The monoisotopic (exact) mass is 361 g/mol. The zero-order valence-corrected chi connectivity index (χ0v) is 15.8. The molecule has 0 spiro atoms. The fourth-order valence-corrected chi connectivity index (χ4v) is 3.34. The molecule has 0 amide bonds. The van der Waals surface area contributed by atoms with E-state index in [9.17, 15) is 13.5 Å². The van der Waals surface area contributed by atoms with Gasteiger partial charge in [0, 0.05) is 13.0 Å². The first-order valence-electron chi connectivity index (χ1n) is 8.60. The maximum Gasteiger partial charge on any atom is 0.213 e. The Morgan fingerprint density at radius 3 is 2.08 bits per heavy atom. The first-order valence-corrected chi connectivity index (χ1v) is 10.1. The summed E-state index contributed by atoms with van der Waals surface area (Å²) in [6.07, 6.45) is 0.0286. The maximum atomic E-state index is 11.8. The SMILES string of the molecule is CC(CNS(=O)(=O)C(C)C)c1ccc(CC(O)c2ccccc2)cc1. The van der Waals surface area contributed by atoms with Gasteiger partial charge in [0.2, 0.25) is 10.0 Å². The van der Waals surface area contributed by atoms with Crippen LogP contribution in [0.3, 0.4) is 0 Å². The summed E-state index contributed by atoms with van der Waals surface area (Å²) in [6.45, 7) is 5.71. The normalized spacial score (nSPS) is 14.4. The van der Waals surface area contributed by atoms with Crippen LogP contribution in [0.5, 0.6) is 0 Å². The summed E-state index contributed by atoms with van der Waals surface area (Å²) < 4.78 is 26.3. The summed E-state index contributed by atoms with van der Waals surface area (Å²) in [7, 11) is -3.24. The van der Waals surface area contributed by atoms with Crippen molar-refractivity contribution in [3.05, 3.63) is 71.3 Å². The van der Waals surface area contributed by atoms with E-state index in [0.717, 1.165) is 16.7 Å². The zero-order chi connectivity index (χ0) is 18.4. The molecule has 0 aliphatic heterocycles. The molecule has 2 atom stereocenters. The van der Waals surface area contributed by atoms with Crippen molar-refractivity contribution in [3.8, 4) is 0 Å². The highest BCUT2D eigenvalue weighted by molar-refractivity contribution is 7.90. The van der Waals surface area contributed by atoms with Gasteiger partial charge in [-0.3, -0.25) is 0 Å². The highest BCUT2D eigenvalue weighted by atomic mass is 32.2. The number of aliphatic hydroxyl groups is 1. The molecule has 0 saturated heterocycles. The standard InChI is InChI=1S/C20H27NO3S/c1-15(2)25(23,24)21-14-16(3)18-11-9-17(10-12-18)13-20(22)19-7-5-4-6-8-19/h4-12,15-16,20-22H,13-14H2,1-3H3. The molecule has 2 rings (SSSR count). The van der Waals surface area contributed by atoms with Crippen LogP contribution in [-0.4, -0.2) is 25.3 Å². The van der Waals surface area contributed by atoms with Crippen LogP contribution in [0.1, 0.15) is 49.5 Å². The number of benzene rings is 2. The van der Waals surface area contributed by atoms with E-state index in [4.69, 9.17) is 0 Å². The van der Waals surface area contributed by atoms with E-state index in [2.05, 4.69) is 4.72 Å². The topological polar surface area (TPSA) is 66.4 Å². The second-order valence-electron chi connectivity index (χ2n) is 6.72. The first-order chi connectivity index (χ1) is 11.8. The van der Waals surface area contributed by atoms with Crippen molar-refractivity contribution in [1.29, 1.82) is 0 Å². The zero-order valence-electron chi connectivity index (χ0n) is 15.0. The minimum atomic E-state index is -3.24. The van der Waals surface area contributed by atoms with E-state index in [0.29, 0.717) is 13.0 Å². The van der Waals surface area contributed by atoms with Crippen molar-refractivity contribution in [2.45, 2.75) is 44.5 Å². The quantitative estimate of drug-likeness (QED) is 0.757. The summed E-state index contributed by atoms with van der Waals surface area (Å²) in [5.74, 6) is 0.0848. The molecule has 0 aromatic heterocycles. The number of aliphatic hydroxyl groups excluding tert-OH is 1. The Morgan fingerprint density at radius 2 is 1.52 bits per heavy atom. The van der Waals surface area contributed by atoms with Gasteiger partial charge >= 0.3 is 0 Å². The Balaban J connectivity index is 1.95. The third-order valence-electron chi connectivity index (χ3n) is 4.37. The van der Waals surface area contributed by atoms with Gasteiger partial charge < -0.3 is 5.11 Å². The average Bonchev–Trinajstić information content (AvgIpc) is 2.61. The van der Waals surface area contributed by atoms with E-state index in [1.54, 1.807) is 13.8 Å². The van der Waals surface area contributed by atoms with Crippen LogP contribution in [-0.2, 0) is 16.4 Å². The van der Waals surface area contributed by atoms with Crippen molar-refractivity contribution in [2.24, 2.45) is 0 Å². The molecule has 2 aromatic carbocycles. The van der Waals surface area contributed by atoms with Crippen LogP contribution in [0.4, 0.5) is 0 Å². The van der Waals surface area contributed by atoms with E-state index in [-0.39, 0.29) is 5.92 Å². The Hall–Kier alpha value is -1.69. The van der Waals surface area contributed by atoms with Gasteiger partial charge in [-0.05, 0) is 36.5 Å². The lowest BCUT2D eigenvalue weighted by atomic mass is 9.97. The van der Waals surface area contributed by atoms with Gasteiger partial charge in [0.05, 0.1) is 11.4 Å². The van der Waals surface area contributed by atoms with Crippen molar-refractivity contribution < 1.29 is 13.5 Å². The number of sulfonamides is 1. The molecule has 0 radical (unpaired) electrons. The highest BCUT2D eigenvalue weighted by Gasteiger charge is 2.17. The molecular formula is C20H27NO3S. The van der Waals surface area contributed by atoms with E-state index >= 15 is 0 Å². The van der Waals surface area contributed by atoms with E-state index < -0.39 is 21.4 Å². The second kappa shape index (κ2) is 8.61. The first kappa shape index (κ1) is 19.6. The summed E-state index contributed by atoms with van der Waals surface area (Å²) in [5, 5.41) is 9.87. The molecular weight excluding hydrogens is 334 g/mol. The maximum absolute atomic E-state index is 11.8. The Morgan fingerprint density at radius 1 is 0.920 bits per heavy atom. The van der Waals surface area contributed by atoms with Crippen LogP contribution in [0.15, 0.2) is 54.6 Å². The van der Waals surface area contributed by atoms with Gasteiger partial charge in [-0.25, -0.2) is 13.1 Å². The predicted octanol–water partition coefficient (Wildman–Crippen LogP) is 3.39. The third-order valence-corrected chi connectivity index (χ3v) is 6.18. The lowest BCUT2D eigenvalue weighted by Gasteiger charge is -2.16. The van der Waals surface area contributed by atoms with Gasteiger partial charge in [-0.2, -0.15) is 0 Å². The minimum Gasteiger partial charge on any atom is -0.388 e. The average molecular weight is 362 g/mol. The smallest absolute Gasteiger partial charge is 0.213 e. The molecule has 2 aromatic rings. The Bertz CT molecular complexity index is 755. The van der Waals surface area contributed by atoms with Crippen molar-refractivity contribution in [3.63, 3.8) is 0 Å². The summed E-state index contributed by atoms with van der Waals surface area (Å²) >= 11 is 0. The number of nitrogens with one attached hydrogen (secondary N) is 1. The predicted molar refractivity (Wildman–Crippen MR) is 102 cm³/mol. The van der Waals surface area contributed by atoms with Crippen LogP contribution >= 0.6 is 0 Å². The van der Waals surface area contributed by atoms with Gasteiger partial charge in [-0.15, -0.1) is 0 Å². The largest absolute Gasteiger partial charge is 0.388 e. The van der Waals surface area contributed by atoms with E-state index in [1.165, 1.54) is 0 Å². The van der Waals surface area contributed by atoms with Crippen molar-refractivity contribution in [1.82, 2.24) is 4.72 Å². The van der Waals surface area contributed by atoms with Gasteiger partial charge in [0.15, 0.2) is 0 Å². The minimum absolute atomic E-state index is 0.0848. The number of hydrogen-bond acceptors (Lipinski definition) is 3. The molecule has 25 heavy (non-hydrogen) atoms. The van der Waals surface area contributed by atoms with Gasteiger partial charge in [0.25, 0.3) is 0 Å². The molecule has 136 valence electrons. The summed E-state index contributed by atoms with van der Waals surface area (Å²) in [4.78, 5) is 0. The van der Waals surface area contributed by atoms with Crippen LogP contribution in [0.25, 0.3) is 0 Å². The van der Waals surface area contributed by atoms with Gasteiger partial charge in [0.1, 0.15) is 0 Å². The Kier molecular flexibility index (Phi) is 6.76. The number of rotatable bonds is 8. The molecule has 0 fully saturated rings. The lowest BCUT2D eigenvalue weighted by molar-refractivity contribution is 0.178. The Labute approximate surface area is 151 Å². The number of hydrogen-bond donors (Lipinski definition) is 2. The fourth-order valence-electron chi connectivity index (χ4n) is 2.52. The third kappa shape index (κ3) is 5.66. The molecule has 2 N–H and O–H groups in total. The molecule has 5 heteroatoms. The van der Waals surface area contributed by atoms with Gasteiger partial charge in [-0.1, -0.05) is 61.5 Å². The summed E-state index contributed by atoms with van der Waals surface area (Å²) in [6, 6.07) is 17.6. The van der Waals surface area contributed by atoms with Crippen LogP contribution in [0, 0.1) is 0 Å². The highest BCUT2D eigenvalue weighted by Crippen LogP contribution is 2.20. The fraction of sp³-hybridized carbons (Fsp3) is 0.400. The molecule has 4 nitrogen and oxygen atoms in total.